The van der Waals surface area contributed by atoms with Crippen LogP contribution in [0.2, 0.25) is 5.02 Å². The lowest BCUT2D eigenvalue weighted by Crippen LogP contribution is -2.52. The number of hydrogen-bond donors (Lipinski definition) is 1. The molecule has 2 aliphatic heterocycles. The molecule has 2 heterocycles. The maximum atomic E-state index is 12.2. The van der Waals surface area contributed by atoms with Gasteiger partial charge in [-0.15, -0.1) is 0 Å². The van der Waals surface area contributed by atoms with Crippen LogP contribution in [0.15, 0.2) is 36.4 Å². The van der Waals surface area contributed by atoms with Crippen LogP contribution in [0.1, 0.15) is 43.9 Å². The summed E-state index contributed by atoms with van der Waals surface area (Å²) in [7, 11) is 3.21. The topological polar surface area (TPSA) is 74.2 Å². The summed E-state index contributed by atoms with van der Waals surface area (Å²) in [5.74, 6) is 0.354. The van der Waals surface area contributed by atoms with E-state index in [1.807, 2.05) is 44.2 Å². The second kappa shape index (κ2) is 8.83. The van der Waals surface area contributed by atoms with E-state index in [0.29, 0.717) is 35.8 Å². The Bertz CT molecular complexity index is 1000. The minimum absolute atomic E-state index is 0.132. The van der Waals surface area contributed by atoms with Gasteiger partial charge in [-0.3, -0.25) is 4.79 Å². The van der Waals surface area contributed by atoms with Crippen molar-refractivity contribution in [2.45, 2.75) is 50.9 Å². The van der Waals surface area contributed by atoms with Gasteiger partial charge in [0.2, 0.25) is 0 Å². The summed E-state index contributed by atoms with van der Waals surface area (Å²) in [6, 6.07) is 11.4. The predicted molar refractivity (Wildman–Crippen MR) is 121 cm³/mol. The second-order valence-electron chi connectivity index (χ2n) is 9.00. The molecular weight excluding hydrogens is 432 g/mol. The highest BCUT2D eigenvalue weighted by Crippen LogP contribution is 2.55. The van der Waals surface area contributed by atoms with Gasteiger partial charge in [-0.05, 0) is 56.9 Å². The number of carboxylic acid groups (broad SMARTS) is 1. The van der Waals surface area contributed by atoms with E-state index in [9.17, 15) is 9.90 Å². The maximum Gasteiger partial charge on any atom is 0.309 e. The Morgan fingerprint density at radius 3 is 2.69 bits per heavy atom. The van der Waals surface area contributed by atoms with E-state index in [1.54, 1.807) is 20.3 Å². The number of carbonyl (C=O) groups is 1. The molecule has 7 heteroatoms. The van der Waals surface area contributed by atoms with Crippen LogP contribution in [0.4, 0.5) is 0 Å². The zero-order valence-corrected chi connectivity index (χ0v) is 19.5. The summed E-state index contributed by atoms with van der Waals surface area (Å²) in [6.45, 7) is 3.95. The minimum Gasteiger partial charge on any atom is -0.497 e. The third-order valence-corrected chi connectivity index (χ3v) is 6.86. The van der Waals surface area contributed by atoms with Gasteiger partial charge >= 0.3 is 5.97 Å². The van der Waals surface area contributed by atoms with Crippen molar-refractivity contribution in [1.82, 2.24) is 0 Å². The Hall–Kier alpha value is -2.44. The largest absolute Gasteiger partial charge is 0.497 e. The van der Waals surface area contributed by atoms with Crippen LogP contribution < -0.4 is 14.2 Å². The van der Waals surface area contributed by atoms with Crippen molar-refractivity contribution >= 4 is 17.6 Å². The van der Waals surface area contributed by atoms with Crippen LogP contribution in [0.25, 0.3) is 0 Å². The van der Waals surface area contributed by atoms with E-state index >= 15 is 0 Å². The predicted octanol–water partition coefficient (Wildman–Crippen LogP) is 5.31. The first-order chi connectivity index (χ1) is 15.2. The van der Waals surface area contributed by atoms with E-state index < -0.39 is 23.6 Å². The standard InChI is InChI=1S/C25H29ClO6/c1-25(2)19-13-17(24(27)28)20(9-8-14-6-5-7-16(10-14)29-3)31-22(19)18-11-15(26)12-21(30-4)23(18)32-25/h5-7,10-12,17,19-20,22H,8-9,13H2,1-4H3,(H,27,28)/t17-,19-,20-,22+/m0/s1. The minimum atomic E-state index is -0.843. The molecule has 2 aliphatic rings. The Kier molecular flexibility index (Phi) is 6.28. The van der Waals surface area contributed by atoms with Crippen LogP contribution in [0.5, 0.6) is 17.2 Å². The first-order valence-electron chi connectivity index (χ1n) is 10.8. The Morgan fingerprint density at radius 1 is 1.22 bits per heavy atom. The number of fused-ring (bicyclic) bond motifs is 3. The van der Waals surface area contributed by atoms with Crippen molar-refractivity contribution in [3.8, 4) is 17.2 Å². The van der Waals surface area contributed by atoms with Gasteiger partial charge in [0.25, 0.3) is 0 Å². The third-order valence-electron chi connectivity index (χ3n) is 6.65. The van der Waals surface area contributed by atoms with Crippen LogP contribution >= 0.6 is 11.6 Å². The van der Waals surface area contributed by atoms with Gasteiger partial charge in [0.05, 0.1) is 32.3 Å². The van der Waals surface area contributed by atoms with Gasteiger partial charge in [-0.1, -0.05) is 23.7 Å². The van der Waals surface area contributed by atoms with Gasteiger partial charge in [-0.2, -0.15) is 0 Å². The van der Waals surface area contributed by atoms with Crippen LogP contribution in [0.3, 0.4) is 0 Å². The van der Waals surface area contributed by atoms with E-state index in [2.05, 4.69) is 0 Å². The zero-order valence-electron chi connectivity index (χ0n) is 18.8. The molecule has 172 valence electrons. The number of ether oxygens (including phenoxy) is 4. The Balaban J connectivity index is 1.65. The van der Waals surface area contributed by atoms with Crippen LogP contribution in [-0.2, 0) is 16.0 Å². The van der Waals surface area contributed by atoms with E-state index in [1.165, 1.54) is 0 Å². The normalized spacial score (nSPS) is 25.8. The summed E-state index contributed by atoms with van der Waals surface area (Å²) in [6.07, 6.45) is 0.972. The van der Waals surface area contributed by atoms with E-state index in [0.717, 1.165) is 16.9 Å². The molecule has 1 N–H and O–H groups in total. The molecule has 1 saturated heterocycles. The lowest BCUT2D eigenvalue weighted by atomic mass is 9.71. The van der Waals surface area contributed by atoms with E-state index in [-0.39, 0.29) is 12.0 Å². The van der Waals surface area contributed by atoms with Gasteiger partial charge in [0, 0.05) is 22.6 Å². The zero-order chi connectivity index (χ0) is 23.0. The third kappa shape index (κ3) is 4.26. The molecule has 2 aromatic rings. The molecule has 0 amide bonds. The number of aryl methyl sites for hydroxylation is 1. The number of methoxy groups -OCH3 is 2. The molecule has 32 heavy (non-hydrogen) atoms. The first kappa shape index (κ1) is 22.7. The number of benzene rings is 2. The molecule has 0 spiro atoms. The quantitative estimate of drug-likeness (QED) is 0.629. The number of halogens is 1. The molecule has 0 bridgehead atoms. The van der Waals surface area contributed by atoms with Gasteiger partial charge in [0.1, 0.15) is 11.4 Å². The fourth-order valence-electron chi connectivity index (χ4n) is 4.93. The highest BCUT2D eigenvalue weighted by atomic mass is 35.5. The molecule has 4 atom stereocenters. The molecule has 0 aliphatic carbocycles. The van der Waals surface area contributed by atoms with Gasteiger partial charge < -0.3 is 24.1 Å². The lowest BCUT2D eigenvalue weighted by molar-refractivity contribution is -0.188. The summed E-state index contributed by atoms with van der Waals surface area (Å²) >= 11 is 6.35. The van der Waals surface area contributed by atoms with Crippen molar-refractivity contribution in [3.05, 3.63) is 52.5 Å². The summed E-state index contributed by atoms with van der Waals surface area (Å²) in [5, 5.41) is 10.5. The molecule has 6 nitrogen and oxygen atoms in total. The number of hydrogen-bond acceptors (Lipinski definition) is 5. The molecule has 0 aromatic heterocycles. The number of rotatable bonds is 6. The molecule has 0 unspecified atom stereocenters. The molecular formula is C25H29ClO6. The van der Waals surface area contributed by atoms with E-state index in [4.69, 9.17) is 30.5 Å². The second-order valence-corrected chi connectivity index (χ2v) is 9.44. The molecule has 4 rings (SSSR count). The smallest absolute Gasteiger partial charge is 0.309 e. The van der Waals surface area contributed by atoms with Gasteiger partial charge in [0.15, 0.2) is 11.5 Å². The van der Waals surface area contributed by atoms with Crippen molar-refractivity contribution in [2.75, 3.05) is 14.2 Å². The molecule has 0 saturated carbocycles. The summed E-state index contributed by atoms with van der Waals surface area (Å²) in [4.78, 5) is 12.2. The monoisotopic (exact) mass is 460 g/mol. The fourth-order valence-corrected chi connectivity index (χ4v) is 5.15. The highest BCUT2D eigenvalue weighted by Gasteiger charge is 2.52. The molecule has 2 aromatic carbocycles. The maximum absolute atomic E-state index is 12.2. The fraction of sp³-hybridized carbons (Fsp3) is 0.480. The van der Waals surface area contributed by atoms with Crippen LogP contribution in [0, 0.1) is 11.8 Å². The SMILES string of the molecule is COc1cccc(CC[C@@H]2O[C@@H]3c4cc(Cl)cc(OC)c4OC(C)(C)[C@H]3C[C@@H]2C(=O)O)c1. The molecule has 0 radical (unpaired) electrons. The van der Waals surface area contributed by atoms with Crippen molar-refractivity contribution in [2.24, 2.45) is 11.8 Å². The summed E-state index contributed by atoms with van der Waals surface area (Å²) in [5.41, 5.74) is 1.27. The van der Waals surface area contributed by atoms with Gasteiger partial charge in [-0.25, -0.2) is 0 Å². The summed E-state index contributed by atoms with van der Waals surface area (Å²) < 4.78 is 23.7. The Morgan fingerprint density at radius 2 is 2.00 bits per heavy atom. The Labute approximate surface area is 193 Å². The lowest BCUT2D eigenvalue weighted by Gasteiger charge is -2.50. The van der Waals surface area contributed by atoms with Crippen molar-refractivity contribution in [1.29, 1.82) is 0 Å². The highest BCUT2D eigenvalue weighted by molar-refractivity contribution is 6.30. The number of aliphatic carboxylic acids is 1. The molecule has 1 fully saturated rings. The average molecular weight is 461 g/mol. The first-order valence-corrected chi connectivity index (χ1v) is 11.2. The number of carboxylic acids is 1. The van der Waals surface area contributed by atoms with Crippen molar-refractivity contribution < 1.29 is 28.8 Å². The van der Waals surface area contributed by atoms with Crippen molar-refractivity contribution in [3.63, 3.8) is 0 Å². The van der Waals surface area contributed by atoms with Crippen LogP contribution in [-0.4, -0.2) is 37.0 Å². The average Bonchev–Trinajstić information content (AvgIpc) is 2.77.